The summed E-state index contributed by atoms with van der Waals surface area (Å²) < 4.78 is 11.6. The van der Waals surface area contributed by atoms with E-state index in [2.05, 4.69) is 29.8 Å². The molecule has 0 aromatic heterocycles. The Kier molecular flexibility index (Phi) is 6.30. The molecule has 0 N–H and O–H groups in total. The molecule has 2 nitrogen and oxygen atoms in total. The molecule has 1 aliphatic rings. The molecule has 0 aromatic rings. The molecule has 1 saturated carbocycles. The van der Waals surface area contributed by atoms with Gasteiger partial charge in [0, 0.05) is 11.9 Å². The van der Waals surface area contributed by atoms with Gasteiger partial charge >= 0.3 is 0 Å². The Morgan fingerprint density at radius 2 is 2.25 bits per heavy atom. The van der Waals surface area contributed by atoms with E-state index in [1.807, 2.05) is 6.92 Å². The molecular formula is C13H25BrO2. The summed E-state index contributed by atoms with van der Waals surface area (Å²) in [5.41, 5.74) is 0.0498. The van der Waals surface area contributed by atoms with E-state index in [4.69, 9.17) is 9.47 Å². The first kappa shape index (κ1) is 14.5. The Bertz CT molecular complexity index is 198. The van der Waals surface area contributed by atoms with Gasteiger partial charge < -0.3 is 9.47 Å². The molecule has 0 bridgehead atoms. The normalized spacial score (nSPS) is 32.6. The highest BCUT2D eigenvalue weighted by Gasteiger charge is 2.36. The Balaban J connectivity index is 2.45. The zero-order chi connectivity index (χ0) is 12.0. The van der Waals surface area contributed by atoms with Crippen molar-refractivity contribution in [2.24, 2.45) is 5.92 Å². The molecule has 0 heterocycles. The van der Waals surface area contributed by atoms with Crippen LogP contribution in [0.4, 0.5) is 0 Å². The van der Waals surface area contributed by atoms with Crippen molar-refractivity contribution in [1.29, 1.82) is 0 Å². The molecule has 3 unspecified atom stereocenters. The molecule has 0 amide bonds. The molecule has 0 saturated heterocycles. The monoisotopic (exact) mass is 292 g/mol. The quantitative estimate of drug-likeness (QED) is 0.694. The van der Waals surface area contributed by atoms with Gasteiger partial charge in [0.1, 0.15) is 0 Å². The van der Waals surface area contributed by atoms with Crippen LogP contribution in [0, 0.1) is 5.92 Å². The average Bonchev–Trinajstić information content (AvgIpc) is 2.26. The standard InChI is InChI=1S/C13H25BrO2/c1-4-15-9-12(3)16-13(10-14)7-5-6-11(2)8-13/h11-12H,4-10H2,1-3H3. The molecule has 0 aromatic carbocycles. The van der Waals surface area contributed by atoms with Crippen LogP contribution in [-0.2, 0) is 9.47 Å². The van der Waals surface area contributed by atoms with E-state index in [9.17, 15) is 0 Å². The van der Waals surface area contributed by atoms with Crippen LogP contribution in [-0.4, -0.2) is 30.2 Å². The zero-order valence-electron chi connectivity index (χ0n) is 10.8. The smallest absolute Gasteiger partial charge is 0.0788 e. The fraction of sp³-hybridized carbons (Fsp3) is 1.00. The molecule has 3 heteroatoms. The van der Waals surface area contributed by atoms with Gasteiger partial charge in [-0.15, -0.1) is 0 Å². The first-order valence-electron chi connectivity index (χ1n) is 6.43. The summed E-state index contributed by atoms with van der Waals surface area (Å²) in [7, 11) is 0. The van der Waals surface area contributed by atoms with E-state index in [-0.39, 0.29) is 11.7 Å². The zero-order valence-corrected chi connectivity index (χ0v) is 12.4. The van der Waals surface area contributed by atoms with Gasteiger partial charge in [-0.1, -0.05) is 35.7 Å². The maximum atomic E-state index is 6.23. The number of hydrogen-bond donors (Lipinski definition) is 0. The number of halogens is 1. The van der Waals surface area contributed by atoms with Gasteiger partial charge in [-0.25, -0.2) is 0 Å². The van der Waals surface area contributed by atoms with Crippen LogP contribution in [0.5, 0.6) is 0 Å². The molecule has 0 aliphatic heterocycles. The van der Waals surface area contributed by atoms with E-state index < -0.39 is 0 Å². The van der Waals surface area contributed by atoms with Gasteiger partial charge in [0.05, 0.1) is 18.3 Å². The second-order valence-corrected chi connectivity index (χ2v) is 5.67. The van der Waals surface area contributed by atoms with Crippen LogP contribution in [0.15, 0.2) is 0 Å². The second-order valence-electron chi connectivity index (χ2n) is 5.11. The number of ether oxygens (including phenoxy) is 2. The lowest BCUT2D eigenvalue weighted by Crippen LogP contribution is -2.42. The third-order valence-corrected chi connectivity index (χ3v) is 4.32. The van der Waals surface area contributed by atoms with Crippen molar-refractivity contribution in [1.82, 2.24) is 0 Å². The summed E-state index contributed by atoms with van der Waals surface area (Å²) in [4.78, 5) is 0. The molecular weight excluding hydrogens is 268 g/mol. The first-order valence-corrected chi connectivity index (χ1v) is 7.55. The van der Waals surface area contributed by atoms with Crippen molar-refractivity contribution in [2.45, 2.75) is 58.2 Å². The fourth-order valence-electron chi connectivity index (χ4n) is 2.62. The molecule has 3 atom stereocenters. The minimum Gasteiger partial charge on any atom is -0.379 e. The average molecular weight is 293 g/mol. The highest BCUT2D eigenvalue weighted by Crippen LogP contribution is 2.37. The molecule has 16 heavy (non-hydrogen) atoms. The van der Waals surface area contributed by atoms with Crippen molar-refractivity contribution in [3.8, 4) is 0 Å². The number of hydrogen-bond acceptors (Lipinski definition) is 2. The number of alkyl halides is 1. The van der Waals surface area contributed by atoms with E-state index in [0.29, 0.717) is 6.61 Å². The first-order chi connectivity index (χ1) is 7.62. The van der Waals surface area contributed by atoms with Crippen LogP contribution in [0.2, 0.25) is 0 Å². The van der Waals surface area contributed by atoms with Crippen molar-refractivity contribution < 1.29 is 9.47 Å². The fourth-order valence-corrected chi connectivity index (χ4v) is 3.26. The summed E-state index contributed by atoms with van der Waals surface area (Å²) >= 11 is 3.63. The molecule has 1 rings (SSSR count). The van der Waals surface area contributed by atoms with E-state index in [1.54, 1.807) is 0 Å². The Morgan fingerprint density at radius 3 is 2.81 bits per heavy atom. The van der Waals surface area contributed by atoms with Gasteiger partial charge in [0.2, 0.25) is 0 Å². The van der Waals surface area contributed by atoms with Gasteiger partial charge in [0.25, 0.3) is 0 Å². The Labute approximate surface area is 108 Å². The van der Waals surface area contributed by atoms with Crippen LogP contribution in [0.3, 0.4) is 0 Å². The number of rotatable bonds is 6. The topological polar surface area (TPSA) is 18.5 Å². The summed E-state index contributed by atoms with van der Waals surface area (Å²) in [5, 5.41) is 0.945. The lowest BCUT2D eigenvalue weighted by Gasteiger charge is -2.40. The van der Waals surface area contributed by atoms with Crippen molar-refractivity contribution >= 4 is 15.9 Å². The van der Waals surface area contributed by atoms with Crippen LogP contribution >= 0.6 is 15.9 Å². The SMILES string of the molecule is CCOCC(C)OC1(CBr)CCCC(C)C1. The molecule has 1 aliphatic carbocycles. The minimum atomic E-state index is 0.0498. The summed E-state index contributed by atoms with van der Waals surface area (Å²) in [6.45, 7) is 7.94. The highest BCUT2D eigenvalue weighted by atomic mass is 79.9. The second kappa shape index (κ2) is 6.97. The van der Waals surface area contributed by atoms with E-state index >= 15 is 0 Å². The predicted octanol–water partition coefficient (Wildman–Crippen LogP) is 3.77. The molecule has 0 radical (unpaired) electrons. The van der Waals surface area contributed by atoms with E-state index in [0.717, 1.165) is 17.9 Å². The van der Waals surface area contributed by atoms with Crippen molar-refractivity contribution in [3.63, 3.8) is 0 Å². The van der Waals surface area contributed by atoms with Crippen LogP contribution in [0.1, 0.15) is 46.5 Å². The molecule has 0 spiro atoms. The maximum Gasteiger partial charge on any atom is 0.0788 e. The van der Waals surface area contributed by atoms with Gasteiger partial charge in [-0.3, -0.25) is 0 Å². The molecule has 96 valence electrons. The minimum absolute atomic E-state index is 0.0498. The third-order valence-electron chi connectivity index (χ3n) is 3.30. The van der Waals surface area contributed by atoms with Crippen molar-refractivity contribution in [2.75, 3.05) is 18.5 Å². The Morgan fingerprint density at radius 1 is 1.50 bits per heavy atom. The summed E-state index contributed by atoms with van der Waals surface area (Å²) in [6, 6.07) is 0. The van der Waals surface area contributed by atoms with Crippen LogP contribution in [0.25, 0.3) is 0 Å². The third kappa shape index (κ3) is 4.34. The Hall–Kier alpha value is 0.400. The lowest BCUT2D eigenvalue weighted by atomic mass is 9.80. The van der Waals surface area contributed by atoms with Gasteiger partial charge in [-0.2, -0.15) is 0 Å². The largest absolute Gasteiger partial charge is 0.379 e. The van der Waals surface area contributed by atoms with Crippen molar-refractivity contribution in [3.05, 3.63) is 0 Å². The highest BCUT2D eigenvalue weighted by molar-refractivity contribution is 9.09. The summed E-state index contributed by atoms with van der Waals surface area (Å²) in [5.74, 6) is 0.783. The van der Waals surface area contributed by atoms with E-state index in [1.165, 1.54) is 25.7 Å². The predicted molar refractivity (Wildman–Crippen MR) is 71.2 cm³/mol. The van der Waals surface area contributed by atoms with Gasteiger partial charge in [-0.05, 0) is 32.6 Å². The lowest BCUT2D eigenvalue weighted by molar-refractivity contribution is -0.121. The van der Waals surface area contributed by atoms with Crippen LogP contribution < -0.4 is 0 Å². The molecule has 1 fully saturated rings. The maximum absolute atomic E-state index is 6.23. The summed E-state index contributed by atoms with van der Waals surface area (Å²) in [6.07, 6.45) is 5.18. The van der Waals surface area contributed by atoms with Gasteiger partial charge in [0.15, 0.2) is 0 Å².